The number of carboxylic acids is 1. The number of carboxylic acid groups (broad SMARTS) is 1. The van der Waals surface area contributed by atoms with Crippen molar-refractivity contribution in [3.63, 3.8) is 0 Å². The van der Waals surface area contributed by atoms with E-state index in [-0.39, 0.29) is 23.4 Å². The highest BCUT2D eigenvalue weighted by Crippen LogP contribution is 2.23. The van der Waals surface area contributed by atoms with Crippen LogP contribution in [0.4, 0.5) is 13.2 Å². The van der Waals surface area contributed by atoms with Crippen molar-refractivity contribution in [3.8, 4) is 0 Å². The molecule has 1 aliphatic rings. The van der Waals surface area contributed by atoms with E-state index in [9.17, 15) is 26.4 Å². The number of alkyl halides is 3. The Bertz CT molecular complexity index is 882. The number of halogens is 3. The average Bonchev–Trinajstić information content (AvgIpc) is 2.67. The minimum absolute atomic E-state index is 0.118. The standard InChI is InChI=1S/C17H27N3O3S.C2HF3O2/c1-13(2)20(12-17(21)19-9-7-18-8-10-19)24(22,23)16-11-14(3)5-6-15(16)4;3-2(4,5)1(6)7/h5-6,11,13,18H,7-10,12H2,1-4H3;(H,6,7). The molecule has 0 saturated carbocycles. The van der Waals surface area contributed by atoms with E-state index in [0.29, 0.717) is 18.7 Å². The maximum atomic E-state index is 13.1. The summed E-state index contributed by atoms with van der Waals surface area (Å²) in [5.74, 6) is -2.90. The van der Waals surface area contributed by atoms with Gasteiger partial charge in [-0.15, -0.1) is 0 Å². The smallest absolute Gasteiger partial charge is 0.475 e. The maximum Gasteiger partial charge on any atom is 0.490 e. The monoisotopic (exact) mass is 467 g/mol. The molecule has 2 N–H and O–H groups in total. The fourth-order valence-corrected chi connectivity index (χ4v) is 4.70. The lowest BCUT2D eigenvalue weighted by atomic mass is 10.2. The van der Waals surface area contributed by atoms with E-state index in [4.69, 9.17) is 9.90 Å². The van der Waals surface area contributed by atoms with Gasteiger partial charge in [-0.3, -0.25) is 4.79 Å². The predicted molar refractivity (Wildman–Crippen MR) is 108 cm³/mol. The number of hydrogen-bond donors (Lipinski definition) is 2. The summed E-state index contributed by atoms with van der Waals surface area (Å²) in [6.07, 6.45) is -5.08. The molecule has 0 spiro atoms. The van der Waals surface area contributed by atoms with Crippen LogP contribution in [-0.4, -0.2) is 79.5 Å². The Morgan fingerprint density at radius 1 is 1.19 bits per heavy atom. The zero-order valence-corrected chi connectivity index (χ0v) is 18.7. The van der Waals surface area contributed by atoms with Gasteiger partial charge in [-0.05, 0) is 44.9 Å². The molecule has 0 unspecified atom stereocenters. The Hall–Kier alpha value is -2.18. The summed E-state index contributed by atoms with van der Waals surface area (Å²) in [5, 5.41) is 10.3. The van der Waals surface area contributed by atoms with Crippen molar-refractivity contribution in [3.05, 3.63) is 29.3 Å². The molecule has 0 aliphatic carbocycles. The van der Waals surface area contributed by atoms with Crippen molar-refractivity contribution >= 4 is 21.9 Å². The molecule has 0 atom stereocenters. The van der Waals surface area contributed by atoms with Crippen molar-refractivity contribution < 1.29 is 36.3 Å². The third kappa shape index (κ3) is 7.78. The Morgan fingerprint density at radius 3 is 2.16 bits per heavy atom. The van der Waals surface area contributed by atoms with Crippen LogP contribution in [-0.2, 0) is 19.6 Å². The fourth-order valence-electron chi connectivity index (χ4n) is 2.80. The summed E-state index contributed by atoms with van der Waals surface area (Å²) < 4.78 is 59.3. The topological polar surface area (TPSA) is 107 Å². The second kappa shape index (κ2) is 10.9. The predicted octanol–water partition coefficient (Wildman–Crippen LogP) is 1.77. The van der Waals surface area contributed by atoms with Crippen LogP contribution in [0.2, 0.25) is 0 Å². The van der Waals surface area contributed by atoms with Gasteiger partial charge < -0.3 is 15.3 Å². The van der Waals surface area contributed by atoms with Gasteiger partial charge in [0.2, 0.25) is 15.9 Å². The van der Waals surface area contributed by atoms with Crippen LogP contribution >= 0.6 is 0 Å². The van der Waals surface area contributed by atoms with Crippen LogP contribution in [0, 0.1) is 13.8 Å². The van der Waals surface area contributed by atoms with E-state index in [0.717, 1.165) is 18.7 Å². The van der Waals surface area contributed by atoms with Crippen LogP contribution in [0.15, 0.2) is 23.1 Å². The number of carbonyl (C=O) groups excluding carboxylic acids is 1. The molecule has 1 aliphatic heterocycles. The van der Waals surface area contributed by atoms with Crippen LogP contribution in [0.5, 0.6) is 0 Å². The van der Waals surface area contributed by atoms with Crippen molar-refractivity contribution in [1.29, 1.82) is 0 Å². The molecule has 1 aromatic rings. The molecule has 1 saturated heterocycles. The lowest BCUT2D eigenvalue weighted by molar-refractivity contribution is -0.192. The number of hydrogen-bond acceptors (Lipinski definition) is 5. The summed E-state index contributed by atoms with van der Waals surface area (Å²) >= 11 is 0. The number of nitrogens with one attached hydrogen (secondary N) is 1. The second-order valence-electron chi connectivity index (χ2n) is 7.35. The number of amides is 1. The van der Waals surface area contributed by atoms with E-state index < -0.39 is 22.2 Å². The molecular weight excluding hydrogens is 439 g/mol. The largest absolute Gasteiger partial charge is 0.490 e. The van der Waals surface area contributed by atoms with E-state index in [1.165, 1.54) is 4.31 Å². The van der Waals surface area contributed by atoms with Gasteiger partial charge >= 0.3 is 12.1 Å². The minimum atomic E-state index is -5.08. The first-order valence-electron chi connectivity index (χ1n) is 9.55. The highest BCUT2D eigenvalue weighted by atomic mass is 32.2. The van der Waals surface area contributed by atoms with Gasteiger partial charge in [0.05, 0.1) is 11.4 Å². The Balaban J connectivity index is 0.000000592. The third-order valence-corrected chi connectivity index (χ3v) is 6.67. The van der Waals surface area contributed by atoms with Gasteiger partial charge in [-0.1, -0.05) is 12.1 Å². The molecule has 1 fully saturated rings. The average molecular weight is 468 g/mol. The van der Waals surface area contributed by atoms with Crippen molar-refractivity contribution in [2.24, 2.45) is 0 Å². The highest BCUT2D eigenvalue weighted by molar-refractivity contribution is 7.89. The second-order valence-corrected chi connectivity index (χ2v) is 9.21. The van der Waals surface area contributed by atoms with Crippen molar-refractivity contribution in [1.82, 2.24) is 14.5 Å². The van der Waals surface area contributed by atoms with E-state index in [2.05, 4.69) is 5.32 Å². The van der Waals surface area contributed by atoms with E-state index >= 15 is 0 Å². The first-order valence-corrected chi connectivity index (χ1v) is 11.0. The molecule has 1 aromatic carbocycles. The molecule has 176 valence electrons. The van der Waals surface area contributed by atoms with Gasteiger partial charge in [-0.25, -0.2) is 13.2 Å². The first kappa shape index (κ1) is 26.9. The lowest BCUT2D eigenvalue weighted by Crippen LogP contribution is -2.51. The Morgan fingerprint density at radius 2 is 1.71 bits per heavy atom. The highest BCUT2D eigenvalue weighted by Gasteiger charge is 2.38. The zero-order valence-electron chi connectivity index (χ0n) is 17.9. The third-order valence-electron chi connectivity index (χ3n) is 4.51. The quantitative estimate of drug-likeness (QED) is 0.684. The summed E-state index contributed by atoms with van der Waals surface area (Å²) in [6.45, 7) is 9.86. The number of piperazine rings is 1. The molecule has 2 rings (SSSR count). The summed E-state index contributed by atoms with van der Waals surface area (Å²) in [7, 11) is -3.72. The van der Waals surface area contributed by atoms with Crippen LogP contribution < -0.4 is 5.32 Å². The summed E-state index contributed by atoms with van der Waals surface area (Å²) in [4.78, 5) is 23.4. The van der Waals surface area contributed by atoms with Crippen LogP contribution in [0.1, 0.15) is 25.0 Å². The van der Waals surface area contributed by atoms with Gasteiger partial charge in [-0.2, -0.15) is 17.5 Å². The number of sulfonamides is 1. The van der Waals surface area contributed by atoms with Crippen LogP contribution in [0.25, 0.3) is 0 Å². The Labute approximate surface area is 180 Å². The molecule has 1 amide bonds. The van der Waals surface area contributed by atoms with Gasteiger partial charge in [0.25, 0.3) is 0 Å². The SMILES string of the molecule is Cc1ccc(C)c(S(=O)(=O)N(CC(=O)N2CCNCC2)C(C)C)c1.O=C(O)C(F)(F)F. The molecule has 0 bridgehead atoms. The molecule has 0 aromatic heterocycles. The number of aliphatic carboxylic acids is 1. The first-order chi connectivity index (χ1) is 14.2. The Kier molecular flexibility index (Phi) is 9.45. The normalized spacial score (nSPS) is 14.9. The number of nitrogens with zero attached hydrogens (tertiary/aromatic N) is 2. The lowest BCUT2D eigenvalue weighted by Gasteiger charge is -2.31. The molecule has 1 heterocycles. The zero-order chi connectivity index (χ0) is 24.0. The molecule has 12 heteroatoms. The van der Waals surface area contributed by atoms with Crippen molar-refractivity contribution in [2.45, 2.75) is 44.8 Å². The maximum absolute atomic E-state index is 13.1. The molecule has 8 nitrogen and oxygen atoms in total. The number of aryl methyl sites for hydroxylation is 2. The van der Waals surface area contributed by atoms with Gasteiger partial charge in [0, 0.05) is 32.2 Å². The molecule has 31 heavy (non-hydrogen) atoms. The number of rotatable bonds is 5. The van der Waals surface area contributed by atoms with Crippen molar-refractivity contribution in [2.75, 3.05) is 32.7 Å². The van der Waals surface area contributed by atoms with E-state index in [1.807, 2.05) is 13.0 Å². The summed E-state index contributed by atoms with van der Waals surface area (Å²) in [5.41, 5.74) is 1.58. The molecular formula is C19H28F3N3O5S. The minimum Gasteiger partial charge on any atom is -0.475 e. The van der Waals surface area contributed by atoms with E-state index in [1.54, 1.807) is 37.8 Å². The number of benzene rings is 1. The van der Waals surface area contributed by atoms with Gasteiger partial charge in [0.15, 0.2) is 0 Å². The number of carbonyl (C=O) groups is 2. The van der Waals surface area contributed by atoms with Crippen LogP contribution in [0.3, 0.4) is 0 Å². The summed E-state index contributed by atoms with van der Waals surface area (Å²) in [6, 6.07) is 5.08. The van der Waals surface area contributed by atoms with Gasteiger partial charge in [0.1, 0.15) is 0 Å². The molecule has 0 radical (unpaired) electrons. The fraction of sp³-hybridized carbons (Fsp3) is 0.579.